The number of imide groups is 1. The summed E-state index contributed by atoms with van der Waals surface area (Å²) < 4.78 is 10.8. The molecule has 1 saturated carbocycles. The highest BCUT2D eigenvalue weighted by molar-refractivity contribution is 6.12. The molecule has 4 unspecified atom stereocenters. The van der Waals surface area contributed by atoms with Crippen LogP contribution in [-0.2, 0) is 9.59 Å². The standard InChI is InChI=1S/C29H30N2O5/c1-35-21-13-12-18(16-22(21)36-2)27(32)26-24-23(25-20-11-7-6-8-17(20)14-15-30(25)26)28(33)31(29(24)34)19-9-4-3-5-10-19/h6-8,11-16,19,23-26H,3-5,9-10H2,1-2H3. The van der Waals surface area contributed by atoms with Crippen molar-refractivity contribution in [2.24, 2.45) is 11.8 Å². The minimum atomic E-state index is -0.771. The lowest BCUT2D eigenvalue weighted by Crippen LogP contribution is -2.47. The van der Waals surface area contributed by atoms with Gasteiger partial charge in [0.25, 0.3) is 0 Å². The average molecular weight is 487 g/mol. The van der Waals surface area contributed by atoms with Gasteiger partial charge in [0.2, 0.25) is 11.8 Å². The first-order valence-electron chi connectivity index (χ1n) is 12.7. The second-order valence-corrected chi connectivity index (χ2v) is 10.1. The van der Waals surface area contributed by atoms with Gasteiger partial charge in [0.1, 0.15) is 6.04 Å². The van der Waals surface area contributed by atoms with Crippen LogP contribution in [-0.4, -0.2) is 53.7 Å². The minimum absolute atomic E-state index is 0.0657. The molecular formula is C29H30N2O5. The van der Waals surface area contributed by atoms with Gasteiger partial charge in [-0.15, -0.1) is 0 Å². The molecule has 7 nitrogen and oxygen atoms in total. The normalized spacial score (nSPS) is 27.1. The van der Waals surface area contributed by atoms with E-state index in [1.807, 2.05) is 41.4 Å². The Hall–Kier alpha value is -3.61. The first-order valence-corrected chi connectivity index (χ1v) is 12.7. The van der Waals surface area contributed by atoms with E-state index in [4.69, 9.17) is 9.47 Å². The summed E-state index contributed by atoms with van der Waals surface area (Å²) in [5, 5.41) is 0. The Morgan fingerprint density at radius 3 is 2.36 bits per heavy atom. The maximum atomic E-state index is 14.1. The fourth-order valence-corrected chi connectivity index (χ4v) is 6.74. The Labute approximate surface area is 210 Å². The molecule has 4 aliphatic rings. The topological polar surface area (TPSA) is 76.2 Å². The molecule has 2 aromatic carbocycles. The van der Waals surface area contributed by atoms with Crippen LogP contribution in [0.5, 0.6) is 11.5 Å². The summed E-state index contributed by atoms with van der Waals surface area (Å²) in [4.78, 5) is 45.5. The van der Waals surface area contributed by atoms with E-state index in [0.29, 0.717) is 17.1 Å². The fourth-order valence-electron chi connectivity index (χ4n) is 6.74. The summed E-state index contributed by atoms with van der Waals surface area (Å²) in [6.45, 7) is 0. The van der Waals surface area contributed by atoms with Gasteiger partial charge in [0.15, 0.2) is 17.3 Å². The highest BCUT2D eigenvalue weighted by Gasteiger charge is 2.65. The quantitative estimate of drug-likeness (QED) is 0.465. The first-order chi connectivity index (χ1) is 17.5. The van der Waals surface area contributed by atoms with Crippen molar-refractivity contribution in [2.45, 2.75) is 50.2 Å². The number of ether oxygens (including phenoxy) is 2. The number of carbonyl (C=O) groups is 3. The zero-order chi connectivity index (χ0) is 25.0. The molecule has 0 bridgehead atoms. The molecule has 3 fully saturated rings. The van der Waals surface area contributed by atoms with Crippen molar-refractivity contribution >= 4 is 23.7 Å². The van der Waals surface area contributed by atoms with Crippen LogP contribution in [0, 0.1) is 11.8 Å². The Morgan fingerprint density at radius 1 is 0.889 bits per heavy atom. The van der Waals surface area contributed by atoms with Gasteiger partial charge in [-0.3, -0.25) is 19.3 Å². The molecule has 0 N–H and O–H groups in total. The number of benzene rings is 2. The lowest BCUT2D eigenvalue weighted by Gasteiger charge is -2.37. The Kier molecular flexibility index (Phi) is 5.58. The van der Waals surface area contributed by atoms with Gasteiger partial charge >= 0.3 is 0 Å². The monoisotopic (exact) mass is 486 g/mol. The zero-order valence-electron chi connectivity index (χ0n) is 20.6. The van der Waals surface area contributed by atoms with Crippen molar-refractivity contribution in [2.75, 3.05) is 14.2 Å². The summed E-state index contributed by atoms with van der Waals surface area (Å²) in [5.41, 5.74) is 2.44. The molecule has 186 valence electrons. The van der Waals surface area contributed by atoms with Crippen LogP contribution in [0.25, 0.3) is 6.08 Å². The van der Waals surface area contributed by atoms with E-state index in [0.717, 1.165) is 43.2 Å². The van der Waals surface area contributed by atoms with E-state index < -0.39 is 17.9 Å². The summed E-state index contributed by atoms with van der Waals surface area (Å²) >= 11 is 0. The minimum Gasteiger partial charge on any atom is -0.493 e. The summed E-state index contributed by atoms with van der Waals surface area (Å²) in [6.07, 6.45) is 8.72. The molecular weight excluding hydrogens is 456 g/mol. The molecule has 2 aromatic rings. The van der Waals surface area contributed by atoms with E-state index in [-0.39, 0.29) is 29.7 Å². The summed E-state index contributed by atoms with van der Waals surface area (Å²) in [6, 6.07) is 11.8. The lowest BCUT2D eigenvalue weighted by molar-refractivity contribution is -0.144. The summed E-state index contributed by atoms with van der Waals surface area (Å²) in [5.74, 6) is -0.842. The van der Waals surface area contributed by atoms with E-state index in [1.54, 1.807) is 25.3 Å². The van der Waals surface area contributed by atoms with Gasteiger partial charge in [0, 0.05) is 17.8 Å². The maximum Gasteiger partial charge on any atom is 0.236 e. The van der Waals surface area contributed by atoms with Gasteiger partial charge in [-0.1, -0.05) is 43.5 Å². The third-order valence-electron chi connectivity index (χ3n) is 8.37. The second kappa shape index (κ2) is 8.80. The Balaban J connectivity index is 1.45. The number of methoxy groups -OCH3 is 2. The van der Waals surface area contributed by atoms with E-state index >= 15 is 0 Å². The predicted octanol–water partition coefficient (Wildman–Crippen LogP) is 4.23. The number of hydrogen-bond acceptors (Lipinski definition) is 6. The molecule has 3 heterocycles. The van der Waals surface area contributed by atoms with Crippen LogP contribution in [0.4, 0.5) is 0 Å². The van der Waals surface area contributed by atoms with Crippen molar-refractivity contribution < 1.29 is 23.9 Å². The largest absolute Gasteiger partial charge is 0.493 e. The number of rotatable bonds is 5. The number of likely N-dealkylation sites (tertiary alicyclic amines) is 1. The number of fused-ring (bicyclic) bond motifs is 5. The van der Waals surface area contributed by atoms with Gasteiger partial charge in [-0.05, 0) is 48.2 Å². The van der Waals surface area contributed by atoms with Crippen LogP contribution >= 0.6 is 0 Å². The third-order valence-corrected chi connectivity index (χ3v) is 8.37. The molecule has 0 radical (unpaired) electrons. The number of ketones is 1. The molecule has 2 amide bonds. The fraction of sp³-hybridized carbons (Fsp3) is 0.414. The maximum absolute atomic E-state index is 14.1. The van der Waals surface area contributed by atoms with Crippen LogP contribution in [0.3, 0.4) is 0 Å². The van der Waals surface area contributed by atoms with Crippen molar-refractivity contribution in [3.8, 4) is 11.5 Å². The molecule has 4 atom stereocenters. The predicted molar refractivity (Wildman–Crippen MR) is 133 cm³/mol. The molecule has 7 heteroatoms. The van der Waals surface area contributed by atoms with E-state index in [9.17, 15) is 14.4 Å². The second-order valence-electron chi connectivity index (χ2n) is 10.1. The third kappa shape index (κ3) is 3.29. The Morgan fingerprint density at radius 2 is 1.61 bits per heavy atom. The number of nitrogens with zero attached hydrogens (tertiary/aromatic N) is 2. The van der Waals surface area contributed by atoms with Crippen LogP contribution in [0.15, 0.2) is 48.7 Å². The van der Waals surface area contributed by atoms with E-state index in [1.165, 1.54) is 12.0 Å². The zero-order valence-corrected chi connectivity index (χ0v) is 20.6. The lowest BCUT2D eigenvalue weighted by atomic mass is 9.83. The van der Waals surface area contributed by atoms with E-state index in [2.05, 4.69) is 0 Å². The number of carbonyl (C=O) groups excluding carboxylic acids is 3. The number of amides is 2. The Bertz CT molecular complexity index is 1260. The molecule has 0 spiro atoms. The molecule has 2 saturated heterocycles. The summed E-state index contributed by atoms with van der Waals surface area (Å²) in [7, 11) is 3.07. The molecule has 36 heavy (non-hydrogen) atoms. The first kappa shape index (κ1) is 22.8. The van der Waals surface area contributed by atoms with Crippen LogP contribution in [0.2, 0.25) is 0 Å². The highest BCUT2D eigenvalue weighted by atomic mass is 16.5. The SMILES string of the molecule is COc1ccc(C(=O)C2C3C(=O)N(C4CCCCC4)C(=O)C3C3c4ccccc4C=CN23)cc1OC. The van der Waals surface area contributed by atoms with Gasteiger partial charge in [-0.25, -0.2) is 0 Å². The smallest absolute Gasteiger partial charge is 0.236 e. The van der Waals surface area contributed by atoms with Crippen molar-refractivity contribution in [3.63, 3.8) is 0 Å². The number of hydrogen-bond donors (Lipinski definition) is 0. The van der Waals surface area contributed by atoms with Gasteiger partial charge in [0.05, 0.1) is 32.1 Å². The molecule has 6 rings (SSSR count). The highest BCUT2D eigenvalue weighted by Crippen LogP contribution is 2.54. The van der Waals surface area contributed by atoms with Crippen LogP contribution < -0.4 is 9.47 Å². The molecule has 3 aliphatic heterocycles. The molecule has 0 aromatic heterocycles. The van der Waals surface area contributed by atoms with Crippen molar-refractivity contribution in [1.29, 1.82) is 0 Å². The number of Topliss-reactive ketones (excluding diaryl/α,β-unsaturated/α-hetero) is 1. The van der Waals surface area contributed by atoms with Gasteiger partial charge in [-0.2, -0.15) is 0 Å². The molecule has 1 aliphatic carbocycles. The average Bonchev–Trinajstić information content (AvgIpc) is 3.40. The van der Waals surface area contributed by atoms with Crippen LogP contribution in [0.1, 0.15) is 59.6 Å². The van der Waals surface area contributed by atoms with Crippen molar-refractivity contribution in [3.05, 3.63) is 65.4 Å². The van der Waals surface area contributed by atoms with Gasteiger partial charge < -0.3 is 14.4 Å². The van der Waals surface area contributed by atoms with Crippen molar-refractivity contribution in [1.82, 2.24) is 9.80 Å².